The molecule has 0 atom stereocenters. The van der Waals surface area contributed by atoms with Gasteiger partial charge in [0.15, 0.2) is 0 Å². The number of benzene rings is 1. The van der Waals surface area contributed by atoms with Crippen LogP contribution in [-0.4, -0.2) is 60.8 Å². The molecule has 1 aromatic carbocycles. The number of hydrogen-bond donors (Lipinski definition) is 0. The molecule has 0 radical (unpaired) electrons. The summed E-state index contributed by atoms with van der Waals surface area (Å²) >= 11 is 0. The fourth-order valence-electron chi connectivity index (χ4n) is 3.76. The highest BCUT2D eigenvalue weighted by Crippen LogP contribution is 2.24. The van der Waals surface area contributed by atoms with Crippen LogP contribution in [0.4, 0.5) is 10.5 Å². The SMILES string of the molecule is Cc1cc(CN2CCN(C(=O)OC(C)(C)C)CC2)cc(N2CCCC2)c1. The normalized spacial score (nSPS) is 19.1. The van der Waals surface area contributed by atoms with E-state index in [4.69, 9.17) is 4.74 Å². The van der Waals surface area contributed by atoms with Crippen molar-refractivity contribution in [3.63, 3.8) is 0 Å². The first-order chi connectivity index (χ1) is 12.3. The lowest BCUT2D eigenvalue weighted by Gasteiger charge is -2.35. The van der Waals surface area contributed by atoms with Crippen molar-refractivity contribution in [2.24, 2.45) is 0 Å². The van der Waals surface area contributed by atoms with Crippen molar-refractivity contribution in [2.45, 2.75) is 52.7 Å². The topological polar surface area (TPSA) is 36.0 Å². The molecule has 2 aliphatic rings. The monoisotopic (exact) mass is 359 g/mol. The van der Waals surface area contributed by atoms with Crippen molar-refractivity contribution in [1.82, 2.24) is 9.80 Å². The lowest BCUT2D eigenvalue weighted by molar-refractivity contribution is 0.0139. The number of carbonyl (C=O) groups excluding carboxylic acids is 1. The number of ether oxygens (including phenoxy) is 1. The molecule has 2 saturated heterocycles. The average molecular weight is 360 g/mol. The quantitative estimate of drug-likeness (QED) is 0.825. The second kappa shape index (κ2) is 7.87. The molecule has 0 aliphatic carbocycles. The van der Waals surface area contributed by atoms with Crippen molar-refractivity contribution in [1.29, 1.82) is 0 Å². The van der Waals surface area contributed by atoms with Crippen LogP contribution in [0.1, 0.15) is 44.7 Å². The Balaban J connectivity index is 1.55. The summed E-state index contributed by atoms with van der Waals surface area (Å²) in [4.78, 5) is 19.0. The highest BCUT2D eigenvalue weighted by molar-refractivity contribution is 5.68. The predicted molar refractivity (Wildman–Crippen MR) is 106 cm³/mol. The zero-order valence-electron chi connectivity index (χ0n) is 16.8. The van der Waals surface area contributed by atoms with Crippen LogP contribution in [0, 0.1) is 6.92 Å². The number of rotatable bonds is 3. The van der Waals surface area contributed by atoms with Gasteiger partial charge in [-0.2, -0.15) is 0 Å². The Kier molecular flexibility index (Phi) is 5.76. The lowest BCUT2D eigenvalue weighted by atomic mass is 10.1. The summed E-state index contributed by atoms with van der Waals surface area (Å²) in [5, 5.41) is 0. The molecule has 26 heavy (non-hydrogen) atoms. The molecule has 0 bridgehead atoms. The van der Waals surface area contributed by atoms with Gasteiger partial charge in [0.05, 0.1) is 0 Å². The van der Waals surface area contributed by atoms with E-state index in [-0.39, 0.29) is 6.09 Å². The van der Waals surface area contributed by atoms with E-state index in [9.17, 15) is 4.79 Å². The minimum Gasteiger partial charge on any atom is -0.444 e. The van der Waals surface area contributed by atoms with E-state index in [1.807, 2.05) is 25.7 Å². The first kappa shape index (κ1) is 19.0. The Morgan fingerprint density at radius 1 is 1.00 bits per heavy atom. The molecule has 5 heteroatoms. The Morgan fingerprint density at radius 3 is 2.27 bits per heavy atom. The third kappa shape index (κ3) is 5.13. The summed E-state index contributed by atoms with van der Waals surface area (Å²) < 4.78 is 5.48. The maximum atomic E-state index is 12.2. The third-order valence-corrected chi connectivity index (χ3v) is 5.02. The molecule has 0 N–H and O–H groups in total. The zero-order chi connectivity index (χ0) is 18.7. The van der Waals surface area contributed by atoms with Crippen molar-refractivity contribution < 1.29 is 9.53 Å². The number of anilines is 1. The first-order valence-electron chi connectivity index (χ1n) is 9.86. The molecule has 0 aromatic heterocycles. The average Bonchev–Trinajstić information content (AvgIpc) is 3.08. The summed E-state index contributed by atoms with van der Waals surface area (Å²) in [6.45, 7) is 14.5. The van der Waals surface area contributed by atoms with Gasteiger partial charge in [0.25, 0.3) is 0 Å². The van der Waals surface area contributed by atoms with Crippen LogP contribution in [0.2, 0.25) is 0 Å². The second-order valence-electron chi connectivity index (χ2n) is 8.61. The number of hydrogen-bond acceptors (Lipinski definition) is 4. The summed E-state index contributed by atoms with van der Waals surface area (Å²) in [7, 11) is 0. The van der Waals surface area contributed by atoms with Crippen molar-refractivity contribution in [3.8, 4) is 0 Å². The van der Waals surface area contributed by atoms with E-state index in [1.165, 1.54) is 42.7 Å². The number of nitrogens with zero attached hydrogens (tertiary/aromatic N) is 3. The van der Waals surface area contributed by atoms with Gasteiger partial charge in [-0.15, -0.1) is 0 Å². The zero-order valence-corrected chi connectivity index (χ0v) is 16.8. The molecule has 2 aliphatic heterocycles. The summed E-state index contributed by atoms with van der Waals surface area (Å²) in [5.41, 5.74) is 3.64. The summed E-state index contributed by atoms with van der Waals surface area (Å²) in [6, 6.07) is 6.94. The fourth-order valence-corrected chi connectivity index (χ4v) is 3.76. The number of piperazine rings is 1. The molecule has 0 spiro atoms. The van der Waals surface area contributed by atoms with Gasteiger partial charge >= 0.3 is 6.09 Å². The second-order valence-corrected chi connectivity index (χ2v) is 8.61. The number of carbonyl (C=O) groups is 1. The molecule has 0 saturated carbocycles. The maximum absolute atomic E-state index is 12.2. The fraction of sp³-hybridized carbons (Fsp3) is 0.667. The van der Waals surface area contributed by atoms with Crippen LogP contribution in [0.3, 0.4) is 0 Å². The lowest BCUT2D eigenvalue weighted by Crippen LogP contribution is -2.49. The molecule has 5 nitrogen and oxygen atoms in total. The summed E-state index contributed by atoms with van der Waals surface area (Å²) in [6.07, 6.45) is 2.41. The highest BCUT2D eigenvalue weighted by Gasteiger charge is 2.26. The highest BCUT2D eigenvalue weighted by atomic mass is 16.6. The van der Waals surface area contributed by atoms with E-state index in [2.05, 4.69) is 34.9 Å². The minimum atomic E-state index is -0.429. The van der Waals surface area contributed by atoms with E-state index in [0.29, 0.717) is 0 Å². The van der Waals surface area contributed by atoms with Crippen LogP contribution in [0.15, 0.2) is 18.2 Å². The van der Waals surface area contributed by atoms with Crippen LogP contribution < -0.4 is 4.90 Å². The van der Waals surface area contributed by atoms with Gasteiger partial charge < -0.3 is 14.5 Å². The molecular formula is C21H33N3O2. The molecule has 3 rings (SSSR count). The van der Waals surface area contributed by atoms with Gasteiger partial charge in [0, 0.05) is 51.5 Å². The minimum absolute atomic E-state index is 0.191. The standard InChI is InChI=1S/C21H33N3O2/c1-17-13-18(15-19(14-17)23-7-5-6-8-23)16-22-9-11-24(12-10-22)20(25)26-21(2,3)4/h13-15H,5-12,16H2,1-4H3. The van der Waals surface area contributed by atoms with Crippen LogP contribution in [0.5, 0.6) is 0 Å². The molecule has 1 aromatic rings. The van der Waals surface area contributed by atoms with E-state index in [0.717, 1.165) is 32.7 Å². The number of amides is 1. The Labute approximate surface area is 157 Å². The van der Waals surface area contributed by atoms with Gasteiger partial charge in [-0.3, -0.25) is 4.90 Å². The number of aryl methyl sites for hydroxylation is 1. The molecule has 0 unspecified atom stereocenters. The van der Waals surface area contributed by atoms with Crippen molar-refractivity contribution in [3.05, 3.63) is 29.3 Å². The largest absolute Gasteiger partial charge is 0.444 e. The van der Waals surface area contributed by atoms with E-state index < -0.39 is 5.60 Å². The Bertz CT molecular complexity index is 625. The van der Waals surface area contributed by atoms with Crippen LogP contribution >= 0.6 is 0 Å². The molecule has 1 amide bonds. The smallest absolute Gasteiger partial charge is 0.410 e. The van der Waals surface area contributed by atoms with Gasteiger partial charge in [-0.1, -0.05) is 6.07 Å². The first-order valence-corrected chi connectivity index (χ1v) is 9.86. The van der Waals surface area contributed by atoms with Gasteiger partial charge in [-0.25, -0.2) is 4.79 Å². The molecule has 2 fully saturated rings. The molecule has 144 valence electrons. The van der Waals surface area contributed by atoms with Crippen LogP contribution in [-0.2, 0) is 11.3 Å². The van der Waals surface area contributed by atoms with Crippen LogP contribution in [0.25, 0.3) is 0 Å². The summed E-state index contributed by atoms with van der Waals surface area (Å²) in [5.74, 6) is 0. The Morgan fingerprint density at radius 2 is 1.65 bits per heavy atom. The molecular weight excluding hydrogens is 326 g/mol. The van der Waals surface area contributed by atoms with Gasteiger partial charge in [0.1, 0.15) is 5.60 Å². The van der Waals surface area contributed by atoms with Gasteiger partial charge in [0.2, 0.25) is 0 Å². The van der Waals surface area contributed by atoms with E-state index >= 15 is 0 Å². The molecule has 2 heterocycles. The predicted octanol–water partition coefficient (Wildman–Crippen LogP) is 3.65. The van der Waals surface area contributed by atoms with Gasteiger partial charge in [-0.05, 0) is 63.8 Å². The van der Waals surface area contributed by atoms with Crippen molar-refractivity contribution in [2.75, 3.05) is 44.2 Å². The maximum Gasteiger partial charge on any atom is 0.410 e. The third-order valence-electron chi connectivity index (χ3n) is 5.02. The van der Waals surface area contributed by atoms with E-state index in [1.54, 1.807) is 0 Å². The van der Waals surface area contributed by atoms with Crippen molar-refractivity contribution >= 4 is 11.8 Å². The Hall–Kier alpha value is -1.75.